The SMILES string of the molecule is CCOC(=O)C(CCc1ccccc1)N[C@H](C)Cc1cn(C(=O)O)c2ccccc12. The lowest BCUT2D eigenvalue weighted by atomic mass is 10.0. The molecule has 6 heteroatoms. The van der Waals surface area contributed by atoms with E-state index in [-0.39, 0.29) is 12.0 Å². The van der Waals surface area contributed by atoms with Crippen LogP contribution in [0, 0.1) is 0 Å². The van der Waals surface area contributed by atoms with E-state index in [0.29, 0.717) is 25.0 Å². The summed E-state index contributed by atoms with van der Waals surface area (Å²) in [6.07, 6.45) is 2.65. The number of aromatic nitrogens is 1. The second-order valence-electron chi connectivity index (χ2n) is 7.42. The molecule has 3 aromatic rings. The third-order valence-electron chi connectivity index (χ3n) is 5.15. The van der Waals surface area contributed by atoms with Crippen molar-refractivity contribution in [2.24, 2.45) is 0 Å². The summed E-state index contributed by atoms with van der Waals surface area (Å²) in [6.45, 7) is 4.14. The van der Waals surface area contributed by atoms with Gasteiger partial charge in [0.25, 0.3) is 0 Å². The minimum Gasteiger partial charge on any atom is -0.465 e. The molecule has 30 heavy (non-hydrogen) atoms. The van der Waals surface area contributed by atoms with Gasteiger partial charge in [0.15, 0.2) is 0 Å². The number of esters is 1. The molecule has 0 aliphatic carbocycles. The normalized spacial score (nSPS) is 13.1. The van der Waals surface area contributed by atoms with E-state index in [1.807, 2.05) is 55.5 Å². The topological polar surface area (TPSA) is 80.6 Å². The lowest BCUT2D eigenvalue weighted by molar-refractivity contribution is -0.146. The zero-order valence-electron chi connectivity index (χ0n) is 17.4. The standard InChI is InChI=1S/C24H28N2O4/c1-3-30-23(27)21(14-13-18-9-5-4-6-10-18)25-17(2)15-19-16-26(24(28)29)22-12-8-7-11-20(19)22/h4-12,16-17,21,25H,3,13-15H2,1-2H3,(H,28,29)/t17-,21?/m1/s1. The van der Waals surface area contributed by atoms with Gasteiger partial charge < -0.3 is 15.2 Å². The predicted molar refractivity (Wildman–Crippen MR) is 117 cm³/mol. The van der Waals surface area contributed by atoms with Gasteiger partial charge in [0.05, 0.1) is 12.1 Å². The number of carboxylic acid groups (broad SMARTS) is 1. The number of nitrogens with zero attached hydrogens (tertiary/aromatic N) is 1. The van der Waals surface area contributed by atoms with Crippen molar-refractivity contribution in [1.29, 1.82) is 0 Å². The van der Waals surface area contributed by atoms with E-state index in [0.717, 1.165) is 17.4 Å². The molecule has 2 atom stereocenters. The van der Waals surface area contributed by atoms with Gasteiger partial charge in [0.2, 0.25) is 0 Å². The Kier molecular flexibility index (Phi) is 7.25. The van der Waals surface area contributed by atoms with Crippen LogP contribution < -0.4 is 5.32 Å². The fraction of sp³-hybridized carbons (Fsp3) is 0.333. The number of benzene rings is 2. The molecular formula is C24H28N2O4. The van der Waals surface area contributed by atoms with Gasteiger partial charge in [-0.05, 0) is 50.3 Å². The number of nitrogens with one attached hydrogen (secondary N) is 1. The first-order chi connectivity index (χ1) is 14.5. The van der Waals surface area contributed by atoms with E-state index in [2.05, 4.69) is 5.32 Å². The van der Waals surface area contributed by atoms with Gasteiger partial charge in [-0.1, -0.05) is 48.5 Å². The van der Waals surface area contributed by atoms with E-state index >= 15 is 0 Å². The monoisotopic (exact) mass is 408 g/mol. The number of rotatable bonds is 9. The molecule has 0 fully saturated rings. The Morgan fingerprint density at radius 2 is 1.80 bits per heavy atom. The van der Waals surface area contributed by atoms with Crippen molar-refractivity contribution < 1.29 is 19.4 Å². The zero-order chi connectivity index (χ0) is 21.5. The van der Waals surface area contributed by atoms with Gasteiger partial charge in [-0.2, -0.15) is 0 Å². The average Bonchev–Trinajstić information content (AvgIpc) is 3.11. The fourth-order valence-corrected chi connectivity index (χ4v) is 3.77. The molecular weight excluding hydrogens is 380 g/mol. The fourth-order valence-electron chi connectivity index (χ4n) is 3.77. The molecule has 6 nitrogen and oxygen atoms in total. The second-order valence-corrected chi connectivity index (χ2v) is 7.42. The van der Waals surface area contributed by atoms with Gasteiger partial charge in [0.1, 0.15) is 6.04 Å². The maximum atomic E-state index is 12.5. The molecule has 0 aliphatic rings. The smallest absolute Gasteiger partial charge is 0.416 e. The number of hydrogen-bond donors (Lipinski definition) is 2. The predicted octanol–water partition coefficient (Wildman–Crippen LogP) is 4.25. The van der Waals surface area contributed by atoms with Crippen LogP contribution in [0.25, 0.3) is 10.9 Å². The Morgan fingerprint density at radius 1 is 1.10 bits per heavy atom. The summed E-state index contributed by atoms with van der Waals surface area (Å²) < 4.78 is 6.51. The van der Waals surface area contributed by atoms with Crippen molar-refractivity contribution in [3.05, 3.63) is 71.9 Å². The lowest BCUT2D eigenvalue weighted by Gasteiger charge is -2.22. The van der Waals surface area contributed by atoms with Crippen molar-refractivity contribution in [3.8, 4) is 0 Å². The Hall–Kier alpha value is -3.12. The van der Waals surface area contributed by atoms with Gasteiger partial charge in [-0.3, -0.25) is 9.36 Å². The quantitative estimate of drug-likeness (QED) is 0.517. The molecule has 0 radical (unpaired) electrons. The first-order valence-corrected chi connectivity index (χ1v) is 10.3. The number of para-hydroxylation sites is 1. The molecule has 1 heterocycles. The summed E-state index contributed by atoms with van der Waals surface area (Å²) in [6, 6.07) is 17.0. The maximum Gasteiger partial charge on any atom is 0.416 e. The molecule has 0 bridgehead atoms. The van der Waals surface area contributed by atoms with Crippen molar-refractivity contribution in [3.63, 3.8) is 0 Å². The number of carbonyl (C=O) groups is 2. The van der Waals surface area contributed by atoms with Crippen LogP contribution in [-0.4, -0.2) is 40.4 Å². The number of ether oxygens (including phenoxy) is 1. The summed E-state index contributed by atoms with van der Waals surface area (Å²) in [4.78, 5) is 24.1. The van der Waals surface area contributed by atoms with Crippen LogP contribution >= 0.6 is 0 Å². The highest BCUT2D eigenvalue weighted by molar-refractivity contribution is 5.91. The Balaban J connectivity index is 1.72. The van der Waals surface area contributed by atoms with Crippen LogP contribution in [0.15, 0.2) is 60.8 Å². The van der Waals surface area contributed by atoms with E-state index in [1.54, 1.807) is 19.2 Å². The van der Waals surface area contributed by atoms with Gasteiger partial charge in [0, 0.05) is 17.6 Å². The molecule has 2 aromatic carbocycles. The second kappa shape index (κ2) is 10.1. The van der Waals surface area contributed by atoms with E-state index in [9.17, 15) is 14.7 Å². The van der Waals surface area contributed by atoms with E-state index in [1.165, 1.54) is 10.1 Å². The molecule has 1 unspecified atom stereocenters. The average molecular weight is 408 g/mol. The summed E-state index contributed by atoms with van der Waals surface area (Å²) in [5, 5.41) is 13.8. The molecule has 0 spiro atoms. The Bertz CT molecular complexity index is 997. The Morgan fingerprint density at radius 3 is 2.50 bits per heavy atom. The van der Waals surface area contributed by atoms with Gasteiger partial charge >= 0.3 is 12.1 Å². The van der Waals surface area contributed by atoms with Crippen LogP contribution in [0.2, 0.25) is 0 Å². The summed E-state index contributed by atoms with van der Waals surface area (Å²) in [7, 11) is 0. The van der Waals surface area contributed by atoms with Crippen molar-refractivity contribution in [2.75, 3.05) is 6.61 Å². The molecule has 158 valence electrons. The largest absolute Gasteiger partial charge is 0.465 e. The van der Waals surface area contributed by atoms with Gasteiger partial charge in [-0.25, -0.2) is 4.79 Å². The van der Waals surface area contributed by atoms with Crippen molar-refractivity contribution in [1.82, 2.24) is 9.88 Å². The van der Waals surface area contributed by atoms with Gasteiger partial charge in [-0.15, -0.1) is 0 Å². The number of hydrogen-bond acceptors (Lipinski definition) is 4. The van der Waals surface area contributed by atoms with Crippen LogP contribution in [0.3, 0.4) is 0 Å². The Labute approximate surface area is 176 Å². The van der Waals surface area contributed by atoms with E-state index in [4.69, 9.17) is 4.74 Å². The first kappa shape index (κ1) is 21.6. The molecule has 0 aliphatic heterocycles. The highest BCUT2D eigenvalue weighted by Gasteiger charge is 2.23. The summed E-state index contributed by atoms with van der Waals surface area (Å²) in [5.74, 6) is -0.256. The lowest BCUT2D eigenvalue weighted by Crippen LogP contribution is -2.44. The van der Waals surface area contributed by atoms with Crippen LogP contribution in [-0.2, 0) is 22.4 Å². The van der Waals surface area contributed by atoms with Crippen LogP contribution in [0.5, 0.6) is 0 Å². The van der Waals surface area contributed by atoms with Crippen molar-refractivity contribution in [2.45, 2.75) is 45.2 Å². The third-order valence-corrected chi connectivity index (χ3v) is 5.15. The molecule has 1 aromatic heterocycles. The molecule has 0 amide bonds. The first-order valence-electron chi connectivity index (χ1n) is 10.3. The van der Waals surface area contributed by atoms with Crippen molar-refractivity contribution >= 4 is 23.0 Å². The number of fused-ring (bicyclic) bond motifs is 1. The summed E-state index contributed by atoms with van der Waals surface area (Å²) >= 11 is 0. The molecule has 0 saturated heterocycles. The third kappa shape index (κ3) is 5.27. The number of carbonyl (C=O) groups excluding carboxylic acids is 1. The maximum absolute atomic E-state index is 12.5. The zero-order valence-corrected chi connectivity index (χ0v) is 17.4. The van der Waals surface area contributed by atoms with Crippen LogP contribution in [0.1, 0.15) is 31.4 Å². The molecule has 3 rings (SSSR count). The van der Waals surface area contributed by atoms with E-state index < -0.39 is 12.1 Å². The molecule has 0 saturated carbocycles. The molecule has 2 N–H and O–H groups in total. The van der Waals surface area contributed by atoms with Crippen LogP contribution in [0.4, 0.5) is 4.79 Å². The highest BCUT2D eigenvalue weighted by atomic mass is 16.5. The highest BCUT2D eigenvalue weighted by Crippen LogP contribution is 2.22. The number of aryl methyl sites for hydroxylation is 1. The minimum atomic E-state index is -1.01. The minimum absolute atomic E-state index is 0.0387. The summed E-state index contributed by atoms with van der Waals surface area (Å²) in [5.41, 5.74) is 2.77.